The lowest BCUT2D eigenvalue weighted by molar-refractivity contribution is -0.389. The predicted molar refractivity (Wildman–Crippen MR) is 106 cm³/mol. The smallest absolute Gasteiger partial charge is 0.358 e. The van der Waals surface area contributed by atoms with Gasteiger partial charge in [0.05, 0.1) is 11.0 Å². The molecule has 2 heterocycles. The Labute approximate surface area is 165 Å². The second-order valence-corrected chi connectivity index (χ2v) is 6.43. The minimum Gasteiger partial charge on any atom is -0.358 e. The van der Waals surface area contributed by atoms with E-state index in [4.69, 9.17) is 11.6 Å². The van der Waals surface area contributed by atoms with Crippen molar-refractivity contribution in [3.63, 3.8) is 0 Å². The van der Waals surface area contributed by atoms with E-state index in [1.807, 2.05) is 28.8 Å². The molecular weight excluding hydrogens is 386 g/mol. The minimum absolute atomic E-state index is 0.254. The Morgan fingerprint density at radius 3 is 2.71 bits per heavy atom. The van der Waals surface area contributed by atoms with Crippen LogP contribution in [0.4, 0.5) is 11.8 Å². The molecule has 1 aromatic carbocycles. The third kappa shape index (κ3) is 3.82. The van der Waals surface area contributed by atoms with Gasteiger partial charge in [-0.15, -0.1) is 5.10 Å². The van der Waals surface area contributed by atoms with Crippen molar-refractivity contribution in [3.8, 4) is 0 Å². The quantitative estimate of drug-likeness (QED) is 0.439. The number of aromatic nitrogens is 4. The number of carbonyl (C=O) groups excluding carboxylic acids is 1. The number of rotatable bonds is 8. The zero-order valence-corrected chi connectivity index (χ0v) is 16.2. The maximum absolute atomic E-state index is 12.6. The van der Waals surface area contributed by atoms with Crippen LogP contribution in [0.3, 0.4) is 0 Å². The standard InChI is InChI=1S/C17H20ClN7O3/c1-3-23(4-2)9-10-24-12-8-6-5-7-11(12)19-17(24)20-16(26)14-13(18)15(22-21-14)25(27)28/h5-8H,3-4,9-10H2,1-2H3,(H,21,22)(H,19,20,26). The Morgan fingerprint density at radius 1 is 1.36 bits per heavy atom. The van der Waals surface area contributed by atoms with Gasteiger partial charge in [-0.1, -0.05) is 42.7 Å². The van der Waals surface area contributed by atoms with Crippen LogP contribution in [0.15, 0.2) is 24.3 Å². The maximum atomic E-state index is 12.6. The minimum atomic E-state index is -0.731. The van der Waals surface area contributed by atoms with Gasteiger partial charge < -0.3 is 19.6 Å². The normalized spacial score (nSPS) is 11.3. The van der Waals surface area contributed by atoms with Crippen LogP contribution in [0.2, 0.25) is 5.02 Å². The average Bonchev–Trinajstić information content (AvgIpc) is 3.23. The van der Waals surface area contributed by atoms with Gasteiger partial charge in [0.25, 0.3) is 5.91 Å². The molecule has 0 aliphatic heterocycles. The molecule has 0 saturated heterocycles. The molecule has 2 N–H and O–H groups in total. The molecule has 0 aliphatic rings. The number of H-pyrrole nitrogens is 1. The summed E-state index contributed by atoms with van der Waals surface area (Å²) >= 11 is 5.91. The largest absolute Gasteiger partial charge is 0.362 e. The summed E-state index contributed by atoms with van der Waals surface area (Å²) in [6.45, 7) is 7.40. The molecule has 3 aromatic rings. The summed E-state index contributed by atoms with van der Waals surface area (Å²) in [5.74, 6) is -0.865. The van der Waals surface area contributed by atoms with E-state index in [1.54, 1.807) is 0 Å². The van der Waals surface area contributed by atoms with Crippen LogP contribution in [0.1, 0.15) is 24.3 Å². The molecule has 0 unspecified atom stereocenters. The van der Waals surface area contributed by atoms with E-state index in [0.29, 0.717) is 12.5 Å². The number of hydrogen-bond donors (Lipinski definition) is 2. The Morgan fingerprint density at radius 2 is 2.07 bits per heavy atom. The van der Waals surface area contributed by atoms with Crippen molar-refractivity contribution in [1.82, 2.24) is 24.6 Å². The molecule has 0 bridgehead atoms. The molecule has 28 heavy (non-hydrogen) atoms. The SMILES string of the molecule is CCN(CC)CCn1c(NC(=O)c2n[nH]c([N+](=O)[O-])c2Cl)nc2ccccc21. The van der Waals surface area contributed by atoms with E-state index < -0.39 is 16.6 Å². The number of fused-ring (bicyclic) bond motifs is 1. The number of nitrogens with zero attached hydrogens (tertiary/aromatic N) is 5. The first-order valence-electron chi connectivity index (χ1n) is 8.83. The van der Waals surface area contributed by atoms with E-state index in [9.17, 15) is 14.9 Å². The van der Waals surface area contributed by atoms with E-state index >= 15 is 0 Å². The molecule has 0 fully saturated rings. The fourth-order valence-electron chi connectivity index (χ4n) is 2.93. The lowest BCUT2D eigenvalue weighted by atomic mass is 10.3. The van der Waals surface area contributed by atoms with Crippen molar-refractivity contribution in [2.45, 2.75) is 20.4 Å². The average molecular weight is 406 g/mol. The number of carbonyl (C=O) groups is 1. The molecule has 3 rings (SSSR count). The summed E-state index contributed by atoms with van der Waals surface area (Å²) in [5, 5.41) is 19.0. The van der Waals surface area contributed by atoms with Gasteiger partial charge in [-0.3, -0.25) is 10.1 Å². The van der Waals surface area contributed by atoms with Crippen LogP contribution < -0.4 is 5.32 Å². The molecular formula is C17H20ClN7O3. The number of likely N-dealkylation sites (N-methyl/N-ethyl adjacent to an activating group) is 1. The van der Waals surface area contributed by atoms with Gasteiger partial charge in [-0.25, -0.2) is 4.98 Å². The molecule has 11 heteroatoms. The number of nitro groups is 1. The van der Waals surface area contributed by atoms with Gasteiger partial charge in [-0.2, -0.15) is 0 Å². The zero-order valence-electron chi connectivity index (χ0n) is 15.5. The van der Waals surface area contributed by atoms with E-state index in [-0.39, 0.29) is 10.7 Å². The first-order valence-corrected chi connectivity index (χ1v) is 9.21. The number of anilines is 1. The Bertz CT molecular complexity index is 1010. The number of aromatic amines is 1. The number of para-hydroxylation sites is 2. The fourth-order valence-corrected chi connectivity index (χ4v) is 3.17. The second kappa shape index (κ2) is 8.36. The lowest BCUT2D eigenvalue weighted by Crippen LogP contribution is -2.27. The predicted octanol–water partition coefficient (Wildman–Crippen LogP) is 2.92. The summed E-state index contributed by atoms with van der Waals surface area (Å²) in [6.07, 6.45) is 0. The lowest BCUT2D eigenvalue weighted by Gasteiger charge is -2.19. The molecule has 148 valence electrons. The van der Waals surface area contributed by atoms with E-state index in [1.165, 1.54) is 0 Å². The van der Waals surface area contributed by atoms with Gasteiger partial charge >= 0.3 is 5.82 Å². The summed E-state index contributed by atoms with van der Waals surface area (Å²) in [6, 6.07) is 7.54. The number of imidazole rings is 1. The maximum Gasteiger partial charge on any atom is 0.362 e. The van der Waals surface area contributed by atoms with Crippen molar-refractivity contribution < 1.29 is 9.72 Å². The Balaban J connectivity index is 1.90. The summed E-state index contributed by atoms with van der Waals surface area (Å²) in [5.41, 5.74) is 1.36. The summed E-state index contributed by atoms with van der Waals surface area (Å²) in [7, 11) is 0. The van der Waals surface area contributed by atoms with Crippen molar-refractivity contribution in [2.24, 2.45) is 0 Å². The molecule has 0 saturated carbocycles. The van der Waals surface area contributed by atoms with E-state index in [2.05, 4.69) is 39.2 Å². The highest BCUT2D eigenvalue weighted by molar-refractivity contribution is 6.35. The number of benzene rings is 1. The van der Waals surface area contributed by atoms with Crippen molar-refractivity contribution in [1.29, 1.82) is 0 Å². The highest BCUT2D eigenvalue weighted by atomic mass is 35.5. The van der Waals surface area contributed by atoms with Gasteiger partial charge in [-0.05, 0) is 30.1 Å². The Hall–Kier alpha value is -2.98. The van der Waals surface area contributed by atoms with Crippen LogP contribution in [0, 0.1) is 10.1 Å². The molecule has 2 aromatic heterocycles. The molecule has 0 radical (unpaired) electrons. The van der Waals surface area contributed by atoms with Crippen molar-refractivity contribution in [3.05, 3.63) is 45.1 Å². The van der Waals surface area contributed by atoms with Gasteiger partial charge in [0.2, 0.25) is 5.95 Å². The number of nitrogens with one attached hydrogen (secondary N) is 2. The third-order valence-corrected chi connectivity index (χ3v) is 4.86. The topological polar surface area (TPSA) is 122 Å². The fraction of sp³-hybridized carbons (Fsp3) is 0.353. The van der Waals surface area contributed by atoms with Crippen LogP contribution in [-0.4, -0.2) is 55.1 Å². The molecule has 0 atom stereocenters. The summed E-state index contributed by atoms with van der Waals surface area (Å²) in [4.78, 5) is 29.5. The second-order valence-electron chi connectivity index (χ2n) is 6.05. The zero-order chi connectivity index (χ0) is 20.3. The van der Waals surface area contributed by atoms with Crippen LogP contribution in [-0.2, 0) is 6.54 Å². The third-order valence-electron chi connectivity index (χ3n) is 4.50. The van der Waals surface area contributed by atoms with Gasteiger partial charge in [0, 0.05) is 13.1 Å². The van der Waals surface area contributed by atoms with Crippen LogP contribution in [0.5, 0.6) is 0 Å². The molecule has 1 amide bonds. The summed E-state index contributed by atoms with van der Waals surface area (Å²) < 4.78 is 1.90. The number of amides is 1. The first-order chi connectivity index (χ1) is 13.5. The highest BCUT2D eigenvalue weighted by Gasteiger charge is 2.26. The first kappa shape index (κ1) is 19.8. The molecule has 0 aliphatic carbocycles. The van der Waals surface area contributed by atoms with Crippen LogP contribution >= 0.6 is 11.6 Å². The van der Waals surface area contributed by atoms with Gasteiger partial charge in [0.1, 0.15) is 0 Å². The molecule has 10 nitrogen and oxygen atoms in total. The Kier molecular flexibility index (Phi) is 5.90. The number of halogens is 1. The van der Waals surface area contributed by atoms with Crippen molar-refractivity contribution >= 4 is 40.3 Å². The van der Waals surface area contributed by atoms with Crippen LogP contribution in [0.25, 0.3) is 11.0 Å². The highest BCUT2D eigenvalue weighted by Crippen LogP contribution is 2.26. The van der Waals surface area contributed by atoms with E-state index in [0.717, 1.165) is 30.7 Å². The van der Waals surface area contributed by atoms with Crippen molar-refractivity contribution in [2.75, 3.05) is 25.0 Å². The van der Waals surface area contributed by atoms with Gasteiger partial charge in [0.15, 0.2) is 10.7 Å². The number of hydrogen-bond acceptors (Lipinski definition) is 6. The monoisotopic (exact) mass is 405 g/mol. The molecule has 0 spiro atoms.